The first-order chi connectivity index (χ1) is 20.1. The van der Waals surface area contributed by atoms with E-state index in [0.717, 1.165) is 9.87 Å². The van der Waals surface area contributed by atoms with Gasteiger partial charge >= 0.3 is 0 Å². The number of methoxy groups -OCH3 is 1. The Balaban J connectivity index is 1.72. The minimum Gasteiger partial charge on any atom is -0.497 e. The second kappa shape index (κ2) is 13.6. The van der Waals surface area contributed by atoms with E-state index in [1.807, 2.05) is 19.9 Å². The molecule has 11 heteroatoms. The fraction of sp³-hybridized carbons (Fsp3) is 0.355. The van der Waals surface area contributed by atoms with Gasteiger partial charge in [0, 0.05) is 19.2 Å². The van der Waals surface area contributed by atoms with E-state index in [9.17, 15) is 18.0 Å². The maximum atomic E-state index is 14.1. The molecule has 0 aromatic heterocycles. The number of anilines is 1. The van der Waals surface area contributed by atoms with Crippen molar-refractivity contribution in [1.82, 2.24) is 10.2 Å². The van der Waals surface area contributed by atoms with Crippen molar-refractivity contribution in [3.63, 3.8) is 0 Å². The van der Waals surface area contributed by atoms with Crippen LogP contribution >= 0.6 is 0 Å². The number of hydrogen-bond donors (Lipinski definition) is 1. The molecule has 2 amide bonds. The normalized spacial score (nSPS) is 13.3. The molecular formula is C31H37N3O7S. The number of benzene rings is 3. The maximum absolute atomic E-state index is 14.1. The maximum Gasteiger partial charge on any atom is 0.264 e. The average Bonchev–Trinajstić information content (AvgIpc) is 3.01. The third kappa shape index (κ3) is 7.33. The zero-order valence-corrected chi connectivity index (χ0v) is 25.1. The van der Waals surface area contributed by atoms with E-state index in [1.54, 1.807) is 68.6 Å². The van der Waals surface area contributed by atoms with Crippen LogP contribution in [0.25, 0.3) is 0 Å². The van der Waals surface area contributed by atoms with Crippen LogP contribution in [0.2, 0.25) is 0 Å². The Bertz CT molecular complexity index is 1500. The summed E-state index contributed by atoms with van der Waals surface area (Å²) in [5.74, 6) is 0.792. The molecule has 1 aliphatic rings. The molecule has 3 aromatic rings. The van der Waals surface area contributed by atoms with E-state index in [4.69, 9.17) is 14.2 Å². The smallest absolute Gasteiger partial charge is 0.264 e. The van der Waals surface area contributed by atoms with Crippen LogP contribution in [-0.2, 0) is 26.2 Å². The average molecular weight is 596 g/mol. The lowest BCUT2D eigenvalue weighted by molar-refractivity contribution is -0.139. The predicted molar refractivity (Wildman–Crippen MR) is 159 cm³/mol. The highest BCUT2D eigenvalue weighted by Crippen LogP contribution is 2.36. The van der Waals surface area contributed by atoms with Crippen molar-refractivity contribution >= 4 is 27.5 Å². The van der Waals surface area contributed by atoms with Crippen molar-refractivity contribution in [2.45, 2.75) is 38.3 Å². The molecule has 1 unspecified atom stereocenters. The summed E-state index contributed by atoms with van der Waals surface area (Å²) in [7, 11) is -2.65. The number of amides is 2. The van der Waals surface area contributed by atoms with Crippen LogP contribution in [0.15, 0.2) is 77.7 Å². The van der Waals surface area contributed by atoms with Crippen molar-refractivity contribution in [2.24, 2.45) is 5.92 Å². The van der Waals surface area contributed by atoms with E-state index >= 15 is 0 Å². The lowest BCUT2D eigenvalue weighted by atomic mass is 10.1. The SMILES string of the molecule is COc1cccc(CN(C(=O)CN(c2ccc3c(c2)OCCO3)S(=O)(=O)c2ccccc2)C(C)C(=O)NCC(C)C)c1. The Labute approximate surface area is 247 Å². The second-order valence-corrected chi connectivity index (χ2v) is 12.2. The van der Waals surface area contributed by atoms with Crippen LogP contribution < -0.4 is 23.8 Å². The van der Waals surface area contributed by atoms with Crippen molar-refractivity contribution in [2.75, 3.05) is 37.7 Å². The van der Waals surface area contributed by atoms with Gasteiger partial charge in [0.05, 0.1) is 17.7 Å². The molecule has 3 aromatic carbocycles. The summed E-state index contributed by atoms with van der Waals surface area (Å²) in [6.45, 7) is 6.23. The molecule has 0 aliphatic carbocycles. The van der Waals surface area contributed by atoms with Crippen molar-refractivity contribution in [1.29, 1.82) is 0 Å². The topological polar surface area (TPSA) is 114 Å². The monoisotopic (exact) mass is 595 g/mol. The van der Waals surface area contributed by atoms with Gasteiger partial charge in [0.1, 0.15) is 31.5 Å². The third-order valence-corrected chi connectivity index (χ3v) is 8.55. The molecule has 1 heterocycles. The quantitative estimate of drug-likeness (QED) is 0.338. The molecule has 0 bridgehead atoms. The molecule has 0 saturated carbocycles. The number of nitrogens with one attached hydrogen (secondary N) is 1. The third-order valence-electron chi connectivity index (χ3n) is 6.76. The van der Waals surface area contributed by atoms with Gasteiger partial charge in [0.2, 0.25) is 11.8 Å². The standard InChI is InChI=1S/C31H37N3O7S/c1-22(2)19-32-31(36)23(3)33(20-24-9-8-10-26(17-24)39-4)30(35)21-34(42(37,38)27-11-6-5-7-12-27)25-13-14-28-29(18-25)41-16-15-40-28/h5-14,17-18,22-23H,15-16,19-21H2,1-4H3,(H,32,36). The van der Waals surface area contributed by atoms with E-state index in [1.165, 1.54) is 17.0 Å². The van der Waals surface area contributed by atoms with Crippen LogP contribution in [-0.4, -0.2) is 64.6 Å². The summed E-state index contributed by atoms with van der Waals surface area (Å²) in [5, 5.41) is 2.88. The number of rotatable bonds is 12. The fourth-order valence-corrected chi connectivity index (χ4v) is 5.87. The lowest BCUT2D eigenvalue weighted by Crippen LogP contribution is -2.51. The first-order valence-electron chi connectivity index (χ1n) is 13.8. The Hall–Kier alpha value is -4.25. The number of sulfonamides is 1. The summed E-state index contributed by atoms with van der Waals surface area (Å²) in [5.41, 5.74) is 0.956. The van der Waals surface area contributed by atoms with Crippen LogP contribution in [0.5, 0.6) is 17.2 Å². The Kier molecular flexibility index (Phi) is 9.95. The highest BCUT2D eigenvalue weighted by atomic mass is 32.2. The number of fused-ring (bicyclic) bond motifs is 1. The van der Waals surface area contributed by atoms with Crippen molar-refractivity contribution in [3.8, 4) is 17.2 Å². The second-order valence-electron chi connectivity index (χ2n) is 10.3. The molecule has 0 radical (unpaired) electrons. The minimum atomic E-state index is -4.19. The van der Waals surface area contributed by atoms with Crippen molar-refractivity contribution in [3.05, 3.63) is 78.4 Å². The van der Waals surface area contributed by atoms with Crippen LogP contribution in [0.1, 0.15) is 26.3 Å². The zero-order chi connectivity index (χ0) is 30.3. The Morgan fingerprint density at radius 1 is 0.929 bits per heavy atom. The fourth-order valence-electron chi connectivity index (χ4n) is 4.44. The van der Waals surface area contributed by atoms with Gasteiger partial charge < -0.3 is 24.4 Å². The van der Waals surface area contributed by atoms with Gasteiger partial charge in [-0.1, -0.05) is 44.2 Å². The van der Waals surface area contributed by atoms with E-state index in [0.29, 0.717) is 37.0 Å². The summed E-state index contributed by atoms with van der Waals surface area (Å²) in [6.07, 6.45) is 0. The number of nitrogens with zero attached hydrogens (tertiary/aromatic N) is 2. The van der Waals surface area contributed by atoms with Gasteiger partial charge in [0.15, 0.2) is 11.5 Å². The highest BCUT2D eigenvalue weighted by Gasteiger charge is 2.33. The van der Waals surface area contributed by atoms with E-state index in [2.05, 4.69) is 5.32 Å². The lowest BCUT2D eigenvalue weighted by Gasteiger charge is -2.32. The molecule has 4 rings (SSSR count). The molecule has 0 fully saturated rings. The largest absolute Gasteiger partial charge is 0.497 e. The van der Waals surface area contributed by atoms with Gasteiger partial charge in [-0.3, -0.25) is 13.9 Å². The predicted octanol–water partition coefficient (Wildman–Crippen LogP) is 3.85. The number of carbonyl (C=O) groups is 2. The Morgan fingerprint density at radius 3 is 2.33 bits per heavy atom. The van der Waals surface area contributed by atoms with Crippen LogP contribution in [0.4, 0.5) is 5.69 Å². The van der Waals surface area contributed by atoms with E-state index < -0.39 is 28.5 Å². The van der Waals surface area contributed by atoms with Gasteiger partial charge in [-0.05, 0) is 54.8 Å². The minimum absolute atomic E-state index is 0.0229. The van der Waals surface area contributed by atoms with Gasteiger partial charge in [-0.2, -0.15) is 0 Å². The molecule has 0 spiro atoms. The summed E-state index contributed by atoms with van der Waals surface area (Å²) in [4.78, 5) is 28.6. The van der Waals surface area contributed by atoms with Crippen LogP contribution in [0.3, 0.4) is 0 Å². The molecule has 1 aliphatic heterocycles. The first kappa shape index (κ1) is 30.7. The summed E-state index contributed by atoms with van der Waals surface area (Å²) < 4.78 is 45.6. The molecule has 1 atom stereocenters. The van der Waals surface area contributed by atoms with Gasteiger partial charge in [-0.15, -0.1) is 0 Å². The Morgan fingerprint density at radius 2 is 1.64 bits per heavy atom. The molecule has 0 saturated heterocycles. The number of ether oxygens (including phenoxy) is 3. The molecule has 1 N–H and O–H groups in total. The molecule has 42 heavy (non-hydrogen) atoms. The number of hydrogen-bond acceptors (Lipinski definition) is 7. The molecule has 10 nitrogen and oxygen atoms in total. The van der Waals surface area contributed by atoms with Gasteiger partial charge in [0.25, 0.3) is 10.0 Å². The zero-order valence-electron chi connectivity index (χ0n) is 24.3. The molecule has 224 valence electrons. The van der Waals surface area contributed by atoms with E-state index in [-0.39, 0.29) is 29.0 Å². The summed E-state index contributed by atoms with van der Waals surface area (Å²) in [6, 6.07) is 18.9. The first-order valence-corrected chi connectivity index (χ1v) is 15.2. The molecular weight excluding hydrogens is 558 g/mol. The van der Waals surface area contributed by atoms with Crippen LogP contribution in [0, 0.1) is 5.92 Å². The number of carbonyl (C=O) groups excluding carboxylic acids is 2. The van der Waals surface area contributed by atoms with Gasteiger partial charge in [-0.25, -0.2) is 8.42 Å². The summed E-state index contributed by atoms with van der Waals surface area (Å²) >= 11 is 0. The highest BCUT2D eigenvalue weighted by molar-refractivity contribution is 7.92. The van der Waals surface area contributed by atoms with Crippen molar-refractivity contribution < 1.29 is 32.2 Å².